The van der Waals surface area contributed by atoms with Crippen LogP contribution in [0.3, 0.4) is 0 Å². The number of hydrogen-bond donors (Lipinski definition) is 0. The molecule has 0 N–H and O–H groups in total. The molecular formula is C28H38N2O3. The Morgan fingerprint density at radius 2 is 1.67 bits per heavy atom. The lowest BCUT2D eigenvalue weighted by Gasteiger charge is -2.56. The molecule has 0 radical (unpaired) electrons. The number of carbonyl (C=O) groups excluding carboxylic acids is 1. The summed E-state index contributed by atoms with van der Waals surface area (Å²) >= 11 is 0. The lowest BCUT2D eigenvalue weighted by atomic mass is 9.80. The standard InChI is InChI=1S/C28H38N2O3/c1-21(2)26-25(20-33-19-23-13-9-6-10-14-23)30(18-22-11-7-5-8-12-22)27(31)24-17-28(3,32-4)15-16-29(24)26/h5-14,21,24-26H,15-20H2,1-4H3/t24?,25-,26-,28+/m1/s1. The van der Waals surface area contributed by atoms with Crippen molar-refractivity contribution in [2.45, 2.75) is 70.5 Å². The molecule has 4 rings (SSSR count). The average Bonchev–Trinajstić information content (AvgIpc) is 2.83. The molecule has 2 saturated heterocycles. The summed E-state index contributed by atoms with van der Waals surface area (Å²) in [7, 11) is 1.77. The molecule has 0 bridgehead atoms. The Balaban J connectivity index is 1.61. The number of amides is 1. The Morgan fingerprint density at radius 3 is 2.27 bits per heavy atom. The molecule has 0 aliphatic carbocycles. The first kappa shape index (κ1) is 23.9. The molecule has 2 aliphatic rings. The van der Waals surface area contributed by atoms with Crippen LogP contribution in [-0.4, -0.2) is 59.7 Å². The third kappa shape index (κ3) is 5.32. The molecule has 2 fully saturated rings. The molecule has 4 atom stereocenters. The number of piperazine rings is 1. The van der Waals surface area contributed by atoms with Crippen LogP contribution in [0.25, 0.3) is 0 Å². The van der Waals surface area contributed by atoms with Crippen LogP contribution < -0.4 is 0 Å². The van der Waals surface area contributed by atoms with E-state index in [0.29, 0.717) is 25.7 Å². The maximum atomic E-state index is 14.0. The third-order valence-electron chi connectivity index (χ3n) is 7.44. The zero-order valence-electron chi connectivity index (χ0n) is 20.4. The van der Waals surface area contributed by atoms with Crippen molar-refractivity contribution in [2.75, 3.05) is 20.3 Å². The molecule has 1 amide bonds. The van der Waals surface area contributed by atoms with E-state index in [-0.39, 0.29) is 29.6 Å². The summed E-state index contributed by atoms with van der Waals surface area (Å²) in [4.78, 5) is 18.5. The number of nitrogens with zero attached hydrogens (tertiary/aromatic N) is 2. The van der Waals surface area contributed by atoms with Crippen molar-refractivity contribution in [2.24, 2.45) is 5.92 Å². The summed E-state index contributed by atoms with van der Waals surface area (Å²) in [5, 5.41) is 0. The van der Waals surface area contributed by atoms with Gasteiger partial charge in [-0.3, -0.25) is 9.69 Å². The molecule has 1 unspecified atom stereocenters. The summed E-state index contributed by atoms with van der Waals surface area (Å²) in [5.41, 5.74) is 2.05. The van der Waals surface area contributed by atoms with E-state index in [2.05, 4.69) is 54.8 Å². The maximum absolute atomic E-state index is 14.0. The van der Waals surface area contributed by atoms with Crippen molar-refractivity contribution in [1.29, 1.82) is 0 Å². The number of methoxy groups -OCH3 is 1. The number of piperidine rings is 1. The minimum absolute atomic E-state index is 0.00423. The summed E-state index contributed by atoms with van der Waals surface area (Å²) in [6.45, 7) is 9.24. The van der Waals surface area contributed by atoms with Crippen molar-refractivity contribution in [3.8, 4) is 0 Å². The van der Waals surface area contributed by atoms with E-state index in [0.717, 1.165) is 30.5 Å². The average molecular weight is 451 g/mol. The molecule has 5 heteroatoms. The number of hydrogen-bond acceptors (Lipinski definition) is 4. The highest BCUT2D eigenvalue weighted by atomic mass is 16.5. The second kappa shape index (κ2) is 10.4. The Kier molecular flexibility index (Phi) is 7.52. The van der Waals surface area contributed by atoms with Gasteiger partial charge in [0.1, 0.15) is 0 Å². The zero-order valence-corrected chi connectivity index (χ0v) is 20.4. The molecule has 0 aromatic heterocycles. The van der Waals surface area contributed by atoms with Crippen molar-refractivity contribution < 1.29 is 14.3 Å². The van der Waals surface area contributed by atoms with Crippen molar-refractivity contribution in [1.82, 2.24) is 9.80 Å². The minimum atomic E-state index is -0.257. The largest absolute Gasteiger partial charge is 0.378 e. The molecule has 2 aromatic carbocycles. The van der Waals surface area contributed by atoms with Gasteiger partial charge in [0.25, 0.3) is 0 Å². The summed E-state index contributed by atoms with van der Waals surface area (Å²) in [6, 6.07) is 20.7. The highest BCUT2D eigenvalue weighted by molar-refractivity contribution is 5.83. The van der Waals surface area contributed by atoms with Crippen LogP contribution in [-0.2, 0) is 27.4 Å². The summed E-state index contributed by atoms with van der Waals surface area (Å²) in [5.74, 6) is 0.600. The normalized spacial score (nSPS) is 28.2. The topological polar surface area (TPSA) is 42.0 Å². The third-order valence-corrected chi connectivity index (χ3v) is 7.44. The van der Waals surface area contributed by atoms with E-state index in [1.807, 2.05) is 36.4 Å². The molecule has 2 heterocycles. The first-order chi connectivity index (χ1) is 15.9. The van der Waals surface area contributed by atoms with Gasteiger partial charge >= 0.3 is 0 Å². The van der Waals surface area contributed by atoms with Crippen molar-refractivity contribution in [3.63, 3.8) is 0 Å². The lowest BCUT2D eigenvalue weighted by Crippen LogP contribution is -2.71. The van der Waals surface area contributed by atoms with Crippen molar-refractivity contribution >= 4 is 5.91 Å². The SMILES string of the molecule is CO[C@@]1(C)CCN2C(C1)C(=O)N(Cc1ccccc1)[C@H](COCc1ccccc1)[C@H]2C(C)C. The van der Waals surface area contributed by atoms with Crippen LogP contribution in [0, 0.1) is 5.92 Å². The Morgan fingerprint density at radius 1 is 1.03 bits per heavy atom. The fourth-order valence-electron chi connectivity index (χ4n) is 5.54. The predicted octanol–water partition coefficient (Wildman–Crippen LogP) is 4.51. The fourth-order valence-corrected chi connectivity index (χ4v) is 5.54. The van der Waals surface area contributed by atoms with Gasteiger partial charge in [-0.05, 0) is 30.4 Å². The second-order valence-electron chi connectivity index (χ2n) is 10.1. The molecule has 2 aliphatic heterocycles. The molecule has 0 spiro atoms. The van der Waals surface area contributed by atoms with Gasteiger partial charge in [0.2, 0.25) is 5.91 Å². The number of rotatable bonds is 8. The molecule has 33 heavy (non-hydrogen) atoms. The highest BCUT2D eigenvalue weighted by Crippen LogP contribution is 2.38. The predicted molar refractivity (Wildman–Crippen MR) is 131 cm³/mol. The lowest BCUT2D eigenvalue weighted by molar-refractivity contribution is -0.172. The van der Waals surface area contributed by atoms with E-state index in [1.54, 1.807) is 7.11 Å². The highest BCUT2D eigenvalue weighted by Gasteiger charge is 2.52. The van der Waals surface area contributed by atoms with Crippen molar-refractivity contribution in [3.05, 3.63) is 71.8 Å². The quantitative estimate of drug-likeness (QED) is 0.594. The number of fused-ring (bicyclic) bond motifs is 1. The number of ether oxygens (including phenoxy) is 2. The Bertz CT molecular complexity index is 904. The maximum Gasteiger partial charge on any atom is 0.240 e. The van der Waals surface area contributed by atoms with E-state index in [9.17, 15) is 4.79 Å². The van der Waals surface area contributed by atoms with Gasteiger partial charge in [0.15, 0.2) is 0 Å². The molecule has 2 aromatic rings. The number of benzene rings is 2. The molecule has 5 nitrogen and oxygen atoms in total. The zero-order chi connectivity index (χ0) is 23.4. The van der Waals surface area contributed by atoms with Crippen LogP contribution in [0.4, 0.5) is 0 Å². The minimum Gasteiger partial charge on any atom is -0.378 e. The first-order valence-corrected chi connectivity index (χ1v) is 12.2. The van der Waals surface area contributed by atoms with Gasteiger partial charge in [-0.2, -0.15) is 0 Å². The fraction of sp³-hybridized carbons (Fsp3) is 0.536. The van der Waals surface area contributed by atoms with Gasteiger partial charge in [-0.25, -0.2) is 0 Å². The molecule has 178 valence electrons. The second-order valence-corrected chi connectivity index (χ2v) is 10.1. The van der Waals surface area contributed by atoms with Crippen LogP contribution in [0.2, 0.25) is 0 Å². The van der Waals surface area contributed by atoms with Crippen LogP contribution in [0.15, 0.2) is 60.7 Å². The van der Waals surface area contributed by atoms with Gasteiger partial charge in [0, 0.05) is 32.7 Å². The smallest absolute Gasteiger partial charge is 0.240 e. The van der Waals surface area contributed by atoms with E-state index >= 15 is 0 Å². The first-order valence-electron chi connectivity index (χ1n) is 12.2. The van der Waals surface area contributed by atoms with Crippen LogP contribution >= 0.6 is 0 Å². The molecule has 0 saturated carbocycles. The van der Waals surface area contributed by atoms with Gasteiger partial charge in [0.05, 0.1) is 30.9 Å². The van der Waals surface area contributed by atoms with E-state index < -0.39 is 0 Å². The van der Waals surface area contributed by atoms with E-state index in [1.165, 1.54) is 0 Å². The van der Waals surface area contributed by atoms with Gasteiger partial charge in [-0.1, -0.05) is 74.5 Å². The monoisotopic (exact) mass is 450 g/mol. The summed E-state index contributed by atoms with van der Waals surface area (Å²) in [6.07, 6.45) is 1.67. The van der Waals surface area contributed by atoms with Gasteiger partial charge in [-0.15, -0.1) is 0 Å². The van der Waals surface area contributed by atoms with Crippen LogP contribution in [0.5, 0.6) is 0 Å². The van der Waals surface area contributed by atoms with Gasteiger partial charge < -0.3 is 14.4 Å². The summed E-state index contributed by atoms with van der Waals surface area (Å²) < 4.78 is 12.1. The Labute approximate surface area is 198 Å². The van der Waals surface area contributed by atoms with E-state index in [4.69, 9.17) is 9.47 Å². The number of carbonyl (C=O) groups is 1. The molecular weight excluding hydrogens is 412 g/mol. The Hall–Kier alpha value is -2.21. The van der Waals surface area contributed by atoms with Crippen LogP contribution in [0.1, 0.15) is 44.7 Å².